The normalized spacial score (nSPS) is 13.9. The number of rotatable bonds is 3. The van der Waals surface area contributed by atoms with Crippen molar-refractivity contribution in [3.05, 3.63) is 63.7 Å². The number of aryl methyl sites for hydroxylation is 2. The second-order valence-electron chi connectivity index (χ2n) is 5.35. The van der Waals surface area contributed by atoms with Gasteiger partial charge in [-0.1, -0.05) is 23.7 Å². The number of hydrogen-bond donors (Lipinski definition) is 1. The first-order chi connectivity index (χ1) is 9.36. The third-order valence-electron chi connectivity index (χ3n) is 3.73. The summed E-state index contributed by atoms with van der Waals surface area (Å²) < 4.78 is 5.36. The summed E-state index contributed by atoms with van der Waals surface area (Å²) in [6.07, 6.45) is 0. The zero-order valence-electron chi connectivity index (χ0n) is 12.3. The highest BCUT2D eigenvalue weighted by Gasteiger charge is 2.26. The van der Waals surface area contributed by atoms with Gasteiger partial charge in [0.2, 0.25) is 0 Å². The SMILES string of the molecule is COc1cc(C)c(C(C)(N)c2cccc(Cl)c2)cc1C. The molecule has 0 bridgehead atoms. The average molecular weight is 290 g/mol. The van der Waals surface area contributed by atoms with E-state index >= 15 is 0 Å². The number of nitrogens with two attached hydrogens (primary N) is 1. The lowest BCUT2D eigenvalue weighted by Crippen LogP contribution is -2.35. The molecule has 0 radical (unpaired) electrons. The Morgan fingerprint density at radius 1 is 1.10 bits per heavy atom. The molecule has 2 aromatic carbocycles. The maximum absolute atomic E-state index is 6.59. The third kappa shape index (κ3) is 2.67. The zero-order valence-corrected chi connectivity index (χ0v) is 13.1. The molecular weight excluding hydrogens is 270 g/mol. The van der Waals surface area contributed by atoms with E-state index in [9.17, 15) is 0 Å². The van der Waals surface area contributed by atoms with Gasteiger partial charge in [0, 0.05) is 5.02 Å². The minimum absolute atomic E-state index is 0.591. The van der Waals surface area contributed by atoms with Gasteiger partial charge in [-0.05, 0) is 67.3 Å². The molecule has 2 rings (SSSR count). The minimum Gasteiger partial charge on any atom is -0.496 e. The molecule has 0 fully saturated rings. The van der Waals surface area contributed by atoms with E-state index in [1.54, 1.807) is 7.11 Å². The van der Waals surface area contributed by atoms with Gasteiger partial charge >= 0.3 is 0 Å². The first kappa shape index (κ1) is 14.9. The molecule has 1 atom stereocenters. The molecule has 2 nitrogen and oxygen atoms in total. The predicted octanol–water partition coefficient (Wildman–Crippen LogP) is 4.19. The van der Waals surface area contributed by atoms with E-state index in [0.717, 1.165) is 28.0 Å². The molecule has 0 heterocycles. The van der Waals surface area contributed by atoms with Gasteiger partial charge in [-0.3, -0.25) is 0 Å². The maximum atomic E-state index is 6.59. The Morgan fingerprint density at radius 3 is 2.40 bits per heavy atom. The molecule has 0 aliphatic heterocycles. The number of hydrogen-bond acceptors (Lipinski definition) is 2. The summed E-state index contributed by atoms with van der Waals surface area (Å²) in [5, 5.41) is 0.696. The van der Waals surface area contributed by atoms with E-state index in [2.05, 4.69) is 6.07 Å². The Morgan fingerprint density at radius 2 is 1.80 bits per heavy atom. The van der Waals surface area contributed by atoms with Crippen LogP contribution < -0.4 is 10.5 Å². The van der Waals surface area contributed by atoms with E-state index in [1.807, 2.05) is 51.1 Å². The molecule has 1 unspecified atom stereocenters. The lowest BCUT2D eigenvalue weighted by molar-refractivity contribution is 0.410. The van der Waals surface area contributed by atoms with Crippen molar-refractivity contribution in [2.45, 2.75) is 26.3 Å². The van der Waals surface area contributed by atoms with Gasteiger partial charge in [0.15, 0.2) is 0 Å². The van der Waals surface area contributed by atoms with Crippen molar-refractivity contribution in [1.29, 1.82) is 0 Å². The average Bonchev–Trinajstić information content (AvgIpc) is 2.40. The Balaban J connectivity index is 2.57. The topological polar surface area (TPSA) is 35.2 Å². The van der Waals surface area contributed by atoms with Crippen LogP contribution in [0.3, 0.4) is 0 Å². The molecule has 0 aliphatic rings. The summed E-state index contributed by atoms with van der Waals surface area (Å²) in [7, 11) is 1.68. The lowest BCUT2D eigenvalue weighted by Gasteiger charge is -2.29. The molecule has 2 N–H and O–H groups in total. The summed E-state index contributed by atoms with van der Waals surface area (Å²) in [6, 6.07) is 11.8. The van der Waals surface area contributed by atoms with Crippen LogP contribution in [0.1, 0.15) is 29.2 Å². The molecule has 0 aromatic heterocycles. The molecular formula is C17H20ClNO. The highest BCUT2D eigenvalue weighted by molar-refractivity contribution is 6.30. The third-order valence-corrected chi connectivity index (χ3v) is 3.96. The van der Waals surface area contributed by atoms with Gasteiger partial charge in [-0.15, -0.1) is 0 Å². The molecule has 2 aromatic rings. The van der Waals surface area contributed by atoms with Crippen molar-refractivity contribution < 1.29 is 4.74 Å². The van der Waals surface area contributed by atoms with E-state index in [-0.39, 0.29) is 0 Å². The molecule has 3 heteroatoms. The monoisotopic (exact) mass is 289 g/mol. The van der Waals surface area contributed by atoms with Crippen molar-refractivity contribution in [3.8, 4) is 5.75 Å². The molecule has 0 saturated carbocycles. The first-order valence-electron chi connectivity index (χ1n) is 6.57. The van der Waals surface area contributed by atoms with E-state index < -0.39 is 5.54 Å². The Bertz CT molecular complexity index is 635. The van der Waals surface area contributed by atoms with Gasteiger partial charge in [0.25, 0.3) is 0 Å². The minimum atomic E-state index is -0.591. The molecule has 0 saturated heterocycles. The molecule has 0 aliphatic carbocycles. The van der Waals surface area contributed by atoms with E-state index in [4.69, 9.17) is 22.1 Å². The highest BCUT2D eigenvalue weighted by Crippen LogP contribution is 2.33. The van der Waals surface area contributed by atoms with E-state index in [0.29, 0.717) is 5.02 Å². The van der Waals surface area contributed by atoms with Crippen molar-refractivity contribution in [2.24, 2.45) is 5.73 Å². The number of methoxy groups -OCH3 is 1. The molecule has 0 spiro atoms. The van der Waals surface area contributed by atoms with Crippen molar-refractivity contribution in [3.63, 3.8) is 0 Å². The predicted molar refractivity (Wildman–Crippen MR) is 84.6 cm³/mol. The van der Waals surface area contributed by atoms with Crippen LogP contribution in [-0.2, 0) is 5.54 Å². The molecule has 106 valence electrons. The van der Waals surface area contributed by atoms with Crippen molar-refractivity contribution in [2.75, 3.05) is 7.11 Å². The van der Waals surface area contributed by atoms with E-state index in [1.165, 1.54) is 0 Å². The summed E-state index contributed by atoms with van der Waals surface area (Å²) in [6.45, 7) is 6.08. The summed E-state index contributed by atoms with van der Waals surface area (Å²) in [5.74, 6) is 0.883. The summed E-state index contributed by atoms with van der Waals surface area (Å²) >= 11 is 6.08. The largest absolute Gasteiger partial charge is 0.496 e. The first-order valence-corrected chi connectivity index (χ1v) is 6.94. The zero-order chi connectivity index (χ0) is 14.9. The van der Waals surface area contributed by atoms with Crippen molar-refractivity contribution in [1.82, 2.24) is 0 Å². The number of benzene rings is 2. The van der Waals surface area contributed by atoms with Crippen LogP contribution >= 0.6 is 11.6 Å². The Kier molecular flexibility index (Phi) is 4.07. The van der Waals surface area contributed by atoms with Crippen LogP contribution in [0.25, 0.3) is 0 Å². The smallest absolute Gasteiger partial charge is 0.122 e. The Labute approximate surface area is 125 Å². The number of ether oxygens (including phenoxy) is 1. The Hall–Kier alpha value is -1.51. The van der Waals surface area contributed by atoms with Crippen LogP contribution in [-0.4, -0.2) is 7.11 Å². The second-order valence-corrected chi connectivity index (χ2v) is 5.79. The van der Waals surface area contributed by atoms with Gasteiger partial charge in [-0.25, -0.2) is 0 Å². The standard InChI is InChI=1S/C17H20ClNO/c1-11-9-16(20-4)12(2)8-15(11)17(3,19)13-6-5-7-14(18)10-13/h5-10H,19H2,1-4H3. The van der Waals surface area contributed by atoms with Crippen LogP contribution in [0.15, 0.2) is 36.4 Å². The second kappa shape index (κ2) is 5.47. The maximum Gasteiger partial charge on any atom is 0.122 e. The van der Waals surface area contributed by atoms with Crippen LogP contribution in [0, 0.1) is 13.8 Å². The van der Waals surface area contributed by atoms with Crippen molar-refractivity contribution >= 4 is 11.6 Å². The molecule has 0 amide bonds. The fourth-order valence-electron chi connectivity index (χ4n) is 2.54. The quantitative estimate of drug-likeness (QED) is 0.919. The number of halogens is 1. The fourth-order valence-corrected chi connectivity index (χ4v) is 2.73. The summed E-state index contributed by atoms with van der Waals surface area (Å²) in [5.41, 5.74) is 10.3. The van der Waals surface area contributed by atoms with Crippen LogP contribution in [0.5, 0.6) is 5.75 Å². The van der Waals surface area contributed by atoms with Gasteiger partial charge in [0.05, 0.1) is 12.6 Å². The highest BCUT2D eigenvalue weighted by atomic mass is 35.5. The van der Waals surface area contributed by atoms with Gasteiger partial charge in [0.1, 0.15) is 5.75 Å². The van der Waals surface area contributed by atoms with Crippen LogP contribution in [0.2, 0.25) is 5.02 Å². The van der Waals surface area contributed by atoms with Gasteiger partial charge < -0.3 is 10.5 Å². The summed E-state index contributed by atoms with van der Waals surface area (Å²) in [4.78, 5) is 0. The molecule has 20 heavy (non-hydrogen) atoms. The van der Waals surface area contributed by atoms with Gasteiger partial charge in [-0.2, -0.15) is 0 Å². The lowest BCUT2D eigenvalue weighted by atomic mass is 9.82. The van der Waals surface area contributed by atoms with Crippen LogP contribution in [0.4, 0.5) is 0 Å². The fraction of sp³-hybridized carbons (Fsp3) is 0.294.